The van der Waals surface area contributed by atoms with E-state index in [-0.39, 0.29) is 6.10 Å². The van der Waals surface area contributed by atoms with E-state index in [0.717, 1.165) is 22.0 Å². The average Bonchev–Trinajstić information content (AvgIpc) is 2.36. The second-order valence-corrected chi connectivity index (χ2v) is 5.21. The molecule has 4 heteroatoms. The number of hydrogen-bond donors (Lipinski definition) is 2. The van der Waals surface area contributed by atoms with Crippen molar-refractivity contribution in [3.63, 3.8) is 0 Å². The van der Waals surface area contributed by atoms with Gasteiger partial charge < -0.3 is 15.7 Å². The fourth-order valence-corrected chi connectivity index (χ4v) is 2.50. The maximum Gasteiger partial charge on any atom is 0.104 e. The number of likely N-dealkylation sites (N-methyl/N-ethyl adjacent to an activating group) is 1. The van der Waals surface area contributed by atoms with E-state index in [0.29, 0.717) is 11.5 Å². The first-order valence-electron chi connectivity index (χ1n) is 6.21. The van der Waals surface area contributed by atoms with Gasteiger partial charge in [0.2, 0.25) is 0 Å². The first-order valence-corrected chi connectivity index (χ1v) is 6.62. The zero-order chi connectivity index (χ0) is 14.0. The van der Waals surface area contributed by atoms with Gasteiger partial charge in [0, 0.05) is 30.2 Å². The fourth-order valence-electron chi connectivity index (χ4n) is 2.33. The quantitative estimate of drug-likeness (QED) is 0.840. The van der Waals surface area contributed by atoms with Crippen molar-refractivity contribution in [2.24, 2.45) is 5.73 Å². The first-order chi connectivity index (χ1) is 9.00. The maximum absolute atomic E-state index is 9.52. The predicted octanol–water partition coefficient (Wildman–Crippen LogP) is 2.29. The van der Waals surface area contributed by atoms with E-state index in [2.05, 4.69) is 0 Å². The van der Waals surface area contributed by atoms with E-state index in [9.17, 15) is 5.11 Å². The van der Waals surface area contributed by atoms with Gasteiger partial charge in [-0.25, -0.2) is 0 Å². The number of aliphatic hydroxyl groups excluding tert-OH is 1. The maximum atomic E-state index is 9.52. The number of nitrogens with zero attached hydrogens (tertiary/aromatic N) is 1. The first kappa shape index (κ1) is 13.8. The number of nitrogens with two attached hydrogens (primary N) is 1. The molecule has 0 aliphatic heterocycles. The number of hydrogen-bond acceptors (Lipinski definition) is 3. The molecular weight excluding hydrogens is 256 g/mol. The Labute approximate surface area is 118 Å². The van der Waals surface area contributed by atoms with Gasteiger partial charge in [-0.15, -0.1) is 0 Å². The molecule has 0 bridgehead atoms. The summed E-state index contributed by atoms with van der Waals surface area (Å²) in [6, 6.07) is 12.0. The number of anilines is 1. The van der Waals surface area contributed by atoms with E-state index in [1.807, 2.05) is 48.3 Å². The van der Waals surface area contributed by atoms with Crippen LogP contribution in [0.5, 0.6) is 0 Å². The molecular formula is C15H18N2OS. The lowest BCUT2D eigenvalue weighted by Gasteiger charge is -2.23. The van der Waals surface area contributed by atoms with Gasteiger partial charge in [0.25, 0.3) is 0 Å². The molecule has 0 spiro atoms. The molecule has 2 aromatic carbocycles. The minimum Gasteiger partial charge on any atom is -0.392 e. The lowest BCUT2D eigenvalue weighted by Crippen LogP contribution is -2.27. The molecule has 0 aromatic heterocycles. The van der Waals surface area contributed by atoms with Gasteiger partial charge in [-0.1, -0.05) is 36.5 Å². The average molecular weight is 274 g/mol. The summed E-state index contributed by atoms with van der Waals surface area (Å²) in [6.45, 7) is 2.36. The monoisotopic (exact) mass is 274 g/mol. The summed E-state index contributed by atoms with van der Waals surface area (Å²) < 4.78 is 0. The van der Waals surface area contributed by atoms with Crippen molar-refractivity contribution in [2.75, 3.05) is 18.5 Å². The van der Waals surface area contributed by atoms with Crippen molar-refractivity contribution < 1.29 is 5.11 Å². The van der Waals surface area contributed by atoms with Crippen molar-refractivity contribution in [1.29, 1.82) is 0 Å². The molecule has 0 amide bonds. The molecule has 1 atom stereocenters. The minimum atomic E-state index is -0.376. The molecule has 0 heterocycles. The van der Waals surface area contributed by atoms with Crippen molar-refractivity contribution >= 4 is 33.7 Å². The summed E-state index contributed by atoms with van der Waals surface area (Å²) >= 11 is 5.09. The van der Waals surface area contributed by atoms with Crippen LogP contribution in [0.25, 0.3) is 10.8 Å². The normalized spacial score (nSPS) is 12.4. The second-order valence-electron chi connectivity index (χ2n) is 4.77. The Balaban J connectivity index is 2.58. The Morgan fingerprint density at radius 3 is 2.47 bits per heavy atom. The molecule has 2 rings (SSSR count). The van der Waals surface area contributed by atoms with E-state index in [4.69, 9.17) is 18.0 Å². The Kier molecular flexibility index (Phi) is 4.02. The highest BCUT2D eigenvalue weighted by Crippen LogP contribution is 2.29. The summed E-state index contributed by atoms with van der Waals surface area (Å²) in [7, 11) is 1.97. The van der Waals surface area contributed by atoms with Crippen LogP contribution in [0, 0.1) is 0 Å². The van der Waals surface area contributed by atoms with Crippen LogP contribution in [0.4, 0.5) is 5.69 Å². The minimum absolute atomic E-state index is 0.376. The molecule has 0 aliphatic carbocycles. The lowest BCUT2D eigenvalue weighted by molar-refractivity contribution is 0.202. The van der Waals surface area contributed by atoms with Gasteiger partial charge in [-0.2, -0.15) is 0 Å². The molecule has 0 fully saturated rings. The predicted molar refractivity (Wildman–Crippen MR) is 84.8 cm³/mol. The third kappa shape index (κ3) is 2.85. The van der Waals surface area contributed by atoms with Crippen molar-refractivity contribution in [3.05, 3.63) is 42.0 Å². The Morgan fingerprint density at radius 2 is 1.89 bits per heavy atom. The molecule has 3 nitrogen and oxygen atoms in total. The van der Waals surface area contributed by atoms with E-state index >= 15 is 0 Å². The lowest BCUT2D eigenvalue weighted by atomic mass is 10.0. The van der Waals surface area contributed by atoms with Crippen molar-refractivity contribution in [2.45, 2.75) is 13.0 Å². The molecule has 0 saturated carbocycles. The molecule has 1 unspecified atom stereocenters. The van der Waals surface area contributed by atoms with E-state index < -0.39 is 0 Å². The highest BCUT2D eigenvalue weighted by molar-refractivity contribution is 7.80. The summed E-state index contributed by atoms with van der Waals surface area (Å²) in [4.78, 5) is 2.44. The van der Waals surface area contributed by atoms with Crippen LogP contribution >= 0.6 is 12.2 Å². The molecule has 2 aromatic rings. The molecule has 0 saturated heterocycles. The van der Waals surface area contributed by atoms with Crippen molar-refractivity contribution in [1.82, 2.24) is 0 Å². The van der Waals surface area contributed by atoms with E-state index in [1.54, 1.807) is 6.92 Å². The summed E-state index contributed by atoms with van der Waals surface area (Å²) in [5, 5.41) is 11.7. The number of rotatable bonds is 4. The summed E-state index contributed by atoms with van der Waals surface area (Å²) in [5.41, 5.74) is 7.72. The molecule has 3 N–H and O–H groups in total. The van der Waals surface area contributed by atoms with Gasteiger partial charge in [0.1, 0.15) is 4.99 Å². The topological polar surface area (TPSA) is 49.5 Å². The Morgan fingerprint density at radius 1 is 1.26 bits per heavy atom. The van der Waals surface area contributed by atoms with Crippen LogP contribution in [0.15, 0.2) is 36.4 Å². The van der Waals surface area contributed by atoms with Crippen LogP contribution in [0.1, 0.15) is 12.5 Å². The van der Waals surface area contributed by atoms with Crippen molar-refractivity contribution in [3.8, 4) is 0 Å². The zero-order valence-electron chi connectivity index (χ0n) is 11.1. The number of benzene rings is 2. The molecule has 0 radical (unpaired) electrons. The fraction of sp³-hybridized carbons (Fsp3) is 0.267. The molecule has 100 valence electrons. The summed E-state index contributed by atoms with van der Waals surface area (Å²) in [6.07, 6.45) is -0.376. The SMILES string of the molecule is CC(O)CN(C)c1ccc(C(N)=S)c2ccccc12. The van der Waals surface area contributed by atoms with Gasteiger partial charge in [-0.05, 0) is 24.4 Å². The highest BCUT2D eigenvalue weighted by atomic mass is 32.1. The van der Waals surface area contributed by atoms with Crippen LogP contribution in [0.2, 0.25) is 0 Å². The van der Waals surface area contributed by atoms with Crippen LogP contribution in [-0.4, -0.2) is 29.8 Å². The van der Waals surface area contributed by atoms with Gasteiger partial charge in [0.15, 0.2) is 0 Å². The molecule has 19 heavy (non-hydrogen) atoms. The summed E-state index contributed by atoms with van der Waals surface area (Å²) in [5.74, 6) is 0. The Hall–Kier alpha value is -1.65. The van der Waals surface area contributed by atoms with Crippen LogP contribution < -0.4 is 10.6 Å². The number of aliphatic hydroxyl groups is 1. The second kappa shape index (κ2) is 5.55. The van der Waals surface area contributed by atoms with Gasteiger partial charge >= 0.3 is 0 Å². The molecule has 0 aliphatic rings. The number of fused-ring (bicyclic) bond motifs is 1. The van der Waals surface area contributed by atoms with E-state index in [1.165, 1.54) is 0 Å². The van der Waals surface area contributed by atoms with Gasteiger partial charge in [0.05, 0.1) is 6.10 Å². The largest absolute Gasteiger partial charge is 0.392 e. The third-order valence-electron chi connectivity index (χ3n) is 3.12. The van der Waals surface area contributed by atoms with Crippen LogP contribution in [-0.2, 0) is 0 Å². The third-order valence-corrected chi connectivity index (χ3v) is 3.34. The Bertz CT molecular complexity index is 610. The highest BCUT2D eigenvalue weighted by Gasteiger charge is 2.11. The number of thiocarbonyl (C=S) groups is 1. The van der Waals surface area contributed by atoms with Crippen LogP contribution in [0.3, 0.4) is 0 Å². The standard InChI is InChI=1S/C15H18N2OS/c1-10(18)9-17(2)14-8-7-13(15(16)19)11-5-3-4-6-12(11)14/h3-8,10,18H,9H2,1-2H3,(H2,16,19). The van der Waals surface area contributed by atoms with Gasteiger partial charge in [-0.3, -0.25) is 0 Å². The zero-order valence-corrected chi connectivity index (χ0v) is 11.9. The smallest absolute Gasteiger partial charge is 0.104 e.